The molecule has 3 aromatic carbocycles. The molecule has 6 rings (SSSR count). The zero-order chi connectivity index (χ0) is 24.1. The summed E-state index contributed by atoms with van der Waals surface area (Å²) < 4.78 is 28.1. The third-order valence-electron chi connectivity index (χ3n) is 6.46. The van der Waals surface area contributed by atoms with Gasteiger partial charge in [0.1, 0.15) is 11.3 Å². The quantitative estimate of drug-likeness (QED) is 0.582. The number of carboxylic acids is 1. The van der Waals surface area contributed by atoms with Crippen molar-refractivity contribution in [3.8, 4) is 28.7 Å². The molecule has 2 atom stereocenters. The van der Waals surface area contributed by atoms with E-state index in [1.54, 1.807) is 12.1 Å². The predicted molar refractivity (Wildman–Crippen MR) is 125 cm³/mol. The normalized spacial score (nSPS) is 19.4. The van der Waals surface area contributed by atoms with Gasteiger partial charge in [0.05, 0.1) is 26.0 Å². The molecule has 0 aromatic heterocycles. The average molecular weight is 474 g/mol. The molecule has 0 fully saturated rings. The Labute approximate surface area is 201 Å². The van der Waals surface area contributed by atoms with Gasteiger partial charge in [-0.1, -0.05) is 18.2 Å². The number of fused-ring (bicyclic) bond motifs is 4. The van der Waals surface area contributed by atoms with Gasteiger partial charge >= 0.3 is 5.97 Å². The predicted octanol–water partition coefficient (Wildman–Crippen LogP) is 4.37. The SMILES string of the molecule is COc1ccc(C2Oc3ccccc3C3CC(c4ccc5c(c4)OCO5)=NN32)c(C(=O)O)c1OC. The number of ether oxygens (including phenoxy) is 5. The minimum Gasteiger partial charge on any atom is -0.493 e. The number of hydrogen-bond acceptors (Lipinski definition) is 8. The van der Waals surface area contributed by atoms with E-state index >= 15 is 0 Å². The summed E-state index contributed by atoms with van der Waals surface area (Å²) in [6.45, 7) is 0.195. The van der Waals surface area contributed by atoms with E-state index in [1.807, 2.05) is 47.5 Å². The van der Waals surface area contributed by atoms with Crippen LogP contribution in [0.3, 0.4) is 0 Å². The highest BCUT2D eigenvalue weighted by Gasteiger charge is 2.43. The van der Waals surface area contributed by atoms with Crippen LogP contribution in [0.5, 0.6) is 28.7 Å². The lowest BCUT2D eigenvalue weighted by Crippen LogP contribution is -2.34. The molecular weight excluding hydrogens is 452 g/mol. The van der Waals surface area contributed by atoms with Gasteiger partial charge in [-0.15, -0.1) is 0 Å². The van der Waals surface area contributed by atoms with Gasteiger partial charge in [-0.2, -0.15) is 5.10 Å². The van der Waals surface area contributed by atoms with Crippen molar-refractivity contribution in [3.05, 3.63) is 76.9 Å². The van der Waals surface area contributed by atoms with E-state index in [4.69, 9.17) is 28.8 Å². The summed E-state index contributed by atoms with van der Waals surface area (Å²) in [6, 6.07) is 16.7. The first-order valence-corrected chi connectivity index (χ1v) is 11.1. The minimum absolute atomic E-state index is 0.0262. The number of carbonyl (C=O) groups is 1. The maximum atomic E-state index is 12.4. The van der Waals surface area contributed by atoms with E-state index in [1.165, 1.54) is 14.2 Å². The largest absolute Gasteiger partial charge is 0.493 e. The Bertz CT molecular complexity index is 1370. The number of hydrazone groups is 1. The second-order valence-corrected chi connectivity index (χ2v) is 8.29. The lowest BCUT2D eigenvalue weighted by atomic mass is 9.95. The molecule has 0 bridgehead atoms. The highest BCUT2D eigenvalue weighted by molar-refractivity contribution is 6.02. The molecule has 3 aliphatic heterocycles. The maximum absolute atomic E-state index is 12.4. The topological polar surface area (TPSA) is 99.1 Å². The van der Waals surface area contributed by atoms with Crippen LogP contribution < -0.4 is 23.7 Å². The van der Waals surface area contributed by atoms with E-state index in [2.05, 4.69) is 0 Å². The van der Waals surface area contributed by atoms with Crippen LogP contribution in [0.25, 0.3) is 0 Å². The molecule has 1 N–H and O–H groups in total. The number of carboxylic acid groups (broad SMARTS) is 1. The molecule has 0 amide bonds. The fourth-order valence-corrected chi connectivity index (χ4v) is 4.86. The molecule has 35 heavy (non-hydrogen) atoms. The van der Waals surface area contributed by atoms with Crippen LogP contribution in [-0.2, 0) is 0 Å². The molecule has 0 aliphatic carbocycles. The molecule has 3 heterocycles. The first kappa shape index (κ1) is 21.2. The first-order chi connectivity index (χ1) is 17.1. The monoisotopic (exact) mass is 474 g/mol. The Morgan fingerprint density at radius 3 is 2.63 bits per heavy atom. The molecule has 0 saturated carbocycles. The smallest absolute Gasteiger partial charge is 0.340 e. The highest BCUT2D eigenvalue weighted by atomic mass is 16.7. The molecule has 3 aliphatic rings. The molecule has 9 nitrogen and oxygen atoms in total. The van der Waals surface area contributed by atoms with E-state index in [9.17, 15) is 9.90 Å². The summed E-state index contributed by atoms with van der Waals surface area (Å²) >= 11 is 0. The zero-order valence-electron chi connectivity index (χ0n) is 19.1. The van der Waals surface area contributed by atoms with Gasteiger partial charge in [0.2, 0.25) is 13.0 Å². The van der Waals surface area contributed by atoms with Gasteiger partial charge in [-0.25, -0.2) is 9.80 Å². The number of benzene rings is 3. The van der Waals surface area contributed by atoms with Crippen molar-refractivity contribution in [2.24, 2.45) is 5.10 Å². The van der Waals surface area contributed by atoms with Crippen LogP contribution in [0.15, 0.2) is 59.7 Å². The van der Waals surface area contributed by atoms with Crippen LogP contribution >= 0.6 is 0 Å². The van der Waals surface area contributed by atoms with E-state index in [-0.39, 0.29) is 24.1 Å². The molecule has 9 heteroatoms. The second-order valence-electron chi connectivity index (χ2n) is 8.29. The van der Waals surface area contributed by atoms with Gasteiger partial charge in [0.25, 0.3) is 0 Å². The summed E-state index contributed by atoms with van der Waals surface area (Å²) in [5.74, 6) is 1.38. The Morgan fingerprint density at radius 2 is 1.83 bits per heavy atom. The van der Waals surface area contributed by atoms with Crippen molar-refractivity contribution in [3.63, 3.8) is 0 Å². The summed E-state index contributed by atoms with van der Waals surface area (Å²) in [4.78, 5) is 12.4. The summed E-state index contributed by atoms with van der Waals surface area (Å²) in [7, 11) is 2.88. The Balaban J connectivity index is 1.48. The number of aromatic carboxylic acids is 1. The van der Waals surface area contributed by atoms with E-state index < -0.39 is 12.2 Å². The molecule has 0 radical (unpaired) electrons. The Morgan fingerprint density at radius 1 is 1.00 bits per heavy atom. The van der Waals surface area contributed by atoms with Crippen molar-refractivity contribution >= 4 is 11.7 Å². The summed E-state index contributed by atoms with van der Waals surface area (Å²) in [5, 5.41) is 16.9. The van der Waals surface area contributed by atoms with Crippen molar-refractivity contribution in [2.75, 3.05) is 21.0 Å². The molecule has 2 unspecified atom stereocenters. The van der Waals surface area contributed by atoms with E-state index in [0.29, 0.717) is 35.0 Å². The molecule has 0 spiro atoms. The van der Waals surface area contributed by atoms with Crippen LogP contribution in [0.4, 0.5) is 0 Å². The molecule has 3 aromatic rings. The van der Waals surface area contributed by atoms with Crippen LogP contribution in [0.2, 0.25) is 0 Å². The first-order valence-electron chi connectivity index (χ1n) is 11.1. The number of para-hydroxylation sites is 1. The Hall–Kier alpha value is -4.40. The second kappa shape index (κ2) is 8.12. The van der Waals surface area contributed by atoms with Crippen molar-refractivity contribution in [1.82, 2.24) is 5.01 Å². The van der Waals surface area contributed by atoms with Gasteiger partial charge in [-0.05, 0) is 36.4 Å². The number of rotatable bonds is 5. The van der Waals surface area contributed by atoms with Crippen LogP contribution in [0, 0.1) is 0 Å². The highest BCUT2D eigenvalue weighted by Crippen LogP contribution is 2.49. The lowest BCUT2D eigenvalue weighted by Gasteiger charge is -2.38. The van der Waals surface area contributed by atoms with Gasteiger partial charge in [-0.3, -0.25) is 0 Å². The fraction of sp³-hybridized carbons (Fsp3) is 0.231. The molecular formula is C26H22N2O7. The molecule has 0 saturated heterocycles. The number of hydrogen-bond donors (Lipinski definition) is 1. The van der Waals surface area contributed by atoms with Crippen molar-refractivity contribution in [2.45, 2.75) is 18.7 Å². The van der Waals surface area contributed by atoms with Crippen LogP contribution in [0.1, 0.15) is 45.7 Å². The van der Waals surface area contributed by atoms with E-state index in [0.717, 1.165) is 16.8 Å². The van der Waals surface area contributed by atoms with Crippen LogP contribution in [-0.4, -0.2) is 42.8 Å². The van der Waals surface area contributed by atoms with Crippen molar-refractivity contribution in [1.29, 1.82) is 0 Å². The summed E-state index contributed by atoms with van der Waals surface area (Å²) in [6.07, 6.45) is -0.168. The lowest BCUT2D eigenvalue weighted by molar-refractivity contribution is -0.0199. The summed E-state index contributed by atoms with van der Waals surface area (Å²) in [5.41, 5.74) is 3.13. The average Bonchev–Trinajstić information content (AvgIpc) is 3.54. The fourth-order valence-electron chi connectivity index (χ4n) is 4.86. The van der Waals surface area contributed by atoms with Gasteiger partial charge in [0.15, 0.2) is 23.0 Å². The Kier molecular flexibility index (Phi) is 4.91. The van der Waals surface area contributed by atoms with Crippen molar-refractivity contribution < 1.29 is 33.6 Å². The number of methoxy groups -OCH3 is 2. The maximum Gasteiger partial charge on any atom is 0.340 e. The number of nitrogens with zero attached hydrogens (tertiary/aromatic N) is 2. The third-order valence-corrected chi connectivity index (χ3v) is 6.46. The minimum atomic E-state index is -1.14. The standard InChI is InChI=1S/C26H22N2O7/c1-31-21-10-8-16(23(26(29)30)24(21)32-2)25-28-18(15-5-3-4-6-19(15)35-25)12-17(27-28)14-7-9-20-22(11-14)34-13-33-20/h3-11,18,25H,12-13H2,1-2H3,(H,29,30). The third kappa shape index (κ3) is 3.30. The zero-order valence-corrected chi connectivity index (χ0v) is 19.1. The van der Waals surface area contributed by atoms with Gasteiger partial charge in [0, 0.05) is 23.1 Å². The van der Waals surface area contributed by atoms with Gasteiger partial charge < -0.3 is 28.8 Å². The molecule has 178 valence electrons.